The predicted octanol–water partition coefficient (Wildman–Crippen LogP) is 3.25. The lowest BCUT2D eigenvalue weighted by Crippen LogP contribution is -2.21. The summed E-state index contributed by atoms with van der Waals surface area (Å²) < 4.78 is 0. The van der Waals surface area contributed by atoms with E-state index in [0.717, 1.165) is 16.9 Å². The van der Waals surface area contributed by atoms with Gasteiger partial charge in [-0.2, -0.15) is 0 Å². The first-order valence-electron chi connectivity index (χ1n) is 6.76. The molecule has 0 aliphatic rings. The van der Waals surface area contributed by atoms with Crippen molar-refractivity contribution in [2.45, 2.75) is 13.8 Å². The SMILES string of the molecule is CC(=O)c1ccc(NCC(=O)Nc2cccc(C)c2)cc1. The lowest BCUT2D eigenvalue weighted by Gasteiger charge is -2.08. The van der Waals surface area contributed by atoms with E-state index in [1.54, 1.807) is 24.3 Å². The zero-order valence-electron chi connectivity index (χ0n) is 12.1. The minimum Gasteiger partial charge on any atom is -0.376 e. The summed E-state index contributed by atoms with van der Waals surface area (Å²) in [4.78, 5) is 23.0. The Morgan fingerprint density at radius 1 is 1.00 bits per heavy atom. The standard InChI is InChI=1S/C17H18N2O2/c1-12-4-3-5-16(10-12)19-17(21)11-18-15-8-6-14(7-9-15)13(2)20/h3-10,18H,11H2,1-2H3,(H,19,21). The molecule has 0 aromatic heterocycles. The molecule has 0 atom stereocenters. The van der Waals surface area contributed by atoms with Crippen molar-refractivity contribution in [3.8, 4) is 0 Å². The molecule has 2 rings (SSSR count). The molecule has 2 aromatic rings. The van der Waals surface area contributed by atoms with Gasteiger partial charge in [-0.1, -0.05) is 12.1 Å². The molecule has 4 heteroatoms. The van der Waals surface area contributed by atoms with E-state index >= 15 is 0 Å². The Morgan fingerprint density at radius 2 is 1.71 bits per heavy atom. The van der Waals surface area contributed by atoms with Crippen molar-refractivity contribution in [3.05, 3.63) is 59.7 Å². The molecule has 4 nitrogen and oxygen atoms in total. The zero-order valence-corrected chi connectivity index (χ0v) is 12.1. The number of carbonyl (C=O) groups excluding carboxylic acids is 2. The summed E-state index contributed by atoms with van der Waals surface area (Å²) in [5.74, 6) is -0.0880. The molecule has 0 radical (unpaired) electrons. The summed E-state index contributed by atoms with van der Waals surface area (Å²) in [6, 6.07) is 14.7. The molecule has 1 amide bonds. The van der Waals surface area contributed by atoms with Crippen LogP contribution in [-0.2, 0) is 4.79 Å². The number of nitrogens with one attached hydrogen (secondary N) is 2. The fourth-order valence-corrected chi connectivity index (χ4v) is 1.93. The number of hydrogen-bond acceptors (Lipinski definition) is 3. The summed E-state index contributed by atoms with van der Waals surface area (Å²) in [7, 11) is 0. The lowest BCUT2D eigenvalue weighted by molar-refractivity contribution is -0.114. The monoisotopic (exact) mass is 282 g/mol. The van der Waals surface area contributed by atoms with Crippen LogP contribution in [0, 0.1) is 6.92 Å². The maximum Gasteiger partial charge on any atom is 0.243 e. The average Bonchev–Trinajstić information content (AvgIpc) is 2.45. The predicted molar refractivity (Wildman–Crippen MR) is 84.7 cm³/mol. The number of Topliss-reactive ketones (excluding diaryl/α,β-unsaturated/α-hetero) is 1. The molecule has 2 aromatic carbocycles. The highest BCUT2D eigenvalue weighted by molar-refractivity contribution is 5.95. The number of benzene rings is 2. The zero-order chi connectivity index (χ0) is 15.2. The van der Waals surface area contributed by atoms with Crippen molar-refractivity contribution >= 4 is 23.1 Å². The number of carbonyl (C=O) groups is 2. The van der Waals surface area contributed by atoms with Gasteiger partial charge in [-0.25, -0.2) is 0 Å². The first kappa shape index (κ1) is 14.8. The van der Waals surface area contributed by atoms with Gasteiger partial charge in [-0.15, -0.1) is 0 Å². The van der Waals surface area contributed by atoms with Crippen molar-refractivity contribution in [2.75, 3.05) is 17.2 Å². The number of ketones is 1. The molecule has 2 N–H and O–H groups in total. The van der Waals surface area contributed by atoms with Crippen molar-refractivity contribution in [3.63, 3.8) is 0 Å². The highest BCUT2D eigenvalue weighted by atomic mass is 16.2. The number of anilines is 2. The van der Waals surface area contributed by atoms with Gasteiger partial charge in [-0.05, 0) is 55.8 Å². The van der Waals surface area contributed by atoms with Crippen LogP contribution in [0.1, 0.15) is 22.8 Å². The van der Waals surface area contributed by atoms with Gasteiger partial charge >= 0.3 is 0 Å². The Labute approximate surface area is 124 Å². The minimum atomic E-state index is -0.115. The first-order chi connectivity index (χ1) is 10.0. The van der Waals surface area contributed by atoms with E-state index in [2.05, 4.69) is 10.6 Å². The van der Waals surface area contributed by atoms with Crippen molar-refractivity contribution in [1.29, 1.82) is 0 Å². The van der Waals surface area contributed by atoms with E-state index < -0.39 is 0 Å². The van der Waals surface area contributed by atoms with Crippen LogP contribution in [0.25, 0.3) is 0 Å². The fraction of sp³-hybridized carbons (Fsp3) is 0.176. The largest absolute Gasteiger partial charge is 0.376 e. The maximum atomic E-state index is 11.8. The maximum absolute atomic E-state index is 11.8. The van der Waals surface area contributed by atoms with Gasteiger partial charge in [0.1, 0.15) is 0 Å². The van der Waals surface area contributed by atoms with Crippen LogP contribution in [0.3, 0.4) is 0 Å². The lowest BCUT2D eigenvalue weighted by atomic mass is 10.1. The minimum absolute atomic E-state index is 0.0266. The van der Waals surface area contributed by atoms with Gasteiger partial charge < -0.3 is 10.6 Å². The molecular formula is C17H18N2O2. The van der Waals surface area contributed by atoms with Crippen LogP contribution in [0.2, 0.25) is 0 Å². The van der Waals surface area contributed by atoms with Crippen molar-refractivity contribution in [1.82, 2.24) is 0 Å². The Balaban J connectivity index is 1.87. The van der Waals surface area contributed by atoms with Crippen LogP contribution >= 0.6 is 0 Å². The molecule has 0 fully saturated rings. The van der Waals surface area contributed by atoms with Crippen LogP contribution in [0.5, 0.6) is 0 Å². The number of hydrogen-bond donors (Lipinski definition) is 2. The first-order valence-corrected chi connectivity index (χ1v) is 6.76. The van der Waals surface area contributed by atoms with Crippen LogP contribution in [0.15, 0.2) is 48.5 Å². The topological polar surface area (TPSA) is 58.2 Å². The molecule has 0 spiro atoms. The van der Waals surface area contributed by atoms with Gasteiger partial charge in [0.25, 0.3) is 0 Å². The Kier molecular flexibility index (Phi) is 4.72. The van der Waals surface area contributed by atoms with E-state index in [1.807, 2.05) is 31.2 Å². The molecule has 0 unspecified atom stereocenters. The second-order valence-electron chi connectivity index (χ2n) is 4.90. The van der Waals surface area contributed by atoms with E-state index in [1.165, 1.54) is 6.92 Å². The fourth-order valence-electron chi connectivity index (χ4n) is 1.93. The highest BCUT2D eigenvalue weighted by Gasteiger charge is 2.03. The Hall–Kier alpha value is -2.62. The number of aryl methyl sites for hydroxylation is 1. The molecule has 0 aliphatic heterocycles. The molecule has 0 saturated heterocycles. The summed E-state index contributed by atoms with van der Waals surface area (Å²) >= 11 is 0. The van der Waals surface area contributed by atoms with Crippen molar-refractivity contribution in [2.24, 2.45) is 0 Å². The Morgan fingerprint density at radius 3 is 2.33 bits per heavy atom. The molecular weight excluding hydrogens is 264 g/mol. The number of rotatable bonds is 5. The third-order valence-electron chi connectivity index (χ3n) is 3.05. The molecule has 0 saturated carbocycles. The van der Waals surface area contributed by atoms with Crippen LogP contribution in [-0.4, -0.2) is 18.2 Å². The van der Waals surface area contributed by atoms with Crippen molar-refractivity contribution < 1.29 is 9.59 Å². The molecule has 21 heavy (non-hydrogen) atoms. The summed E-state index contributed by atoms with van der Waals surface area (Å²) in [5.41, 5.74) is 3.35. The Bertz CT molecular complexity index is 648. The van der Waals surface area contributed by atoms with Crippen LogP contribution in [0.4, 0.5) is 11.4 Å². The summed E-state index contributed by atoms with van der Waals surface area (Å²) in [6.07, 6.45) is 0. The average molecular weight is 282 g/mol. The van der Waals surface area contributed by atoms with Gasteiger partial charge in [0.05, 0.1) is 6.54 Å². The molecule has 0 heterocycles. The van der Waals surface area contributed by atoms with Gasteiger partial charge in [0, 0.05) is 16.9 Å². The van der Waals surface area contributed by atoms with Gasteiger partial charge in [0.2, 0.25) is 5.91 Å². The normalized spacial score (nSPS) is 10.0. The third kappa shape index (κ3) is 4.45. The summed E-state index contributed by atoms with van der Waals surface area (Å²) in [5, 5.41) is 5.85. The van der Waals surface area contributed by atoms with E-state index in [9.17, 15) is 9.59 Å². The van der Waals surface area contributed by atoms with Crippen LogP contribution < -0.4 is 10.6 Å². The molecule has 0 bridgehead atoms. The van der Waals surface area contributed by atoms with Gasteiger partial charge in [-0.3, -0.25) is 9.59 Å². The van der Waals surface area contributed by atoms with Gasteiger partial charge in [0.15, 0.2) is 5.78 Å². The summed E-state index contributed by atoms with van der Waals surface area (Å²) in [6.45, 7) is 3.68. The quantitative estimate of drug-likeness (QED) is 0.828. The molecule has 108 valence electrons. The second kappa shape index (κ2) is 6.70. The molecule has 0 aliphatic carbocycles. The smallest absolute Gasteiger partial charge is 0.243 e. The van der Waals surface area contributed by atoms with E-state index in [4.69, 9.17) is 0 Å². The third-order valence-corrected chi connectivity index (χ3v) is 3.05. The van der Waals surface area contributed by atoms with E-state index in [0.29, 0.717) is 5.56 Å². The number of amides is 1. The highest BCUT2D eigenvalue weighted by Crippen LogP contribution is 2.11. The second-order valence-corrected chi connectivity index (χ2v) is 4.90. The van der Waals surface area contributed by atoms with E-state index in [-0.39, 0.29) is 18.2 Å².